The molecular weight excluding hydrogens is 291 g/mol. The van der Waals surface area contributed by atoms with Crippen molar-refractivity contribution < 1.29 is 4.39 Å². The Labute approximate surface area is 128 Å². The van der Waals surface area contributed by atoms with Crippen LogP contribution >= 0.6 is 11.6 Å². The number of aromatic nitrogens is 2. The molecule has 1 heterocycles. The van der Waals surface area contributed by atoms with Crippen LogP contribution in [0.5, 0.6) is 0 Å². The Morgan fingerprint density at radius 2 is 2.05 bits per heavy atom. The van der Waals surface area contributed by atoms with Crippen molar-refractivity contribution in [2.45, 2.75) is 37.8 Å². The van der Waals surface area contributed by atoms with Gasteiger partial charge in [0.05, 0.1) is 16.1 Å². The molecule has 1 aromatic heterocycles. The van der Waals surface area contributed by atoms with Crippen LogP contribution in [-0.2, 0) is 6.54 Å². The number of anilines is 1. The van der Waals surface area contributed by atoms with E-state index in [0.29, 0.717) is 17.0 Å². The summed E-state index contributed by atoms with van der Waals surface area (Å²) in [6, 6.07) is 2.97. The Morgan fingerprint density at radius 1 is 1.38 bits per heavy atom. The van der Waals surface area contributed by atoms with Gasteiger partial charge in [-0.15, -0.1) is 0 Å². The lowest BCUT2D eigenvalue weighted by atomic mass is 9.96. The highest BCUT2D eigenvalue weighted by Crippen LogP contribution is 2.37. The maximum Gasteiger partial charge on any atom is 0.201 e. The third kappa shape index (κ3) is 2.38. The van der Waals surface area contributed by atoms with Gasteiger partial charge in [-0.1, -0.05) is 24.4 Å². The van der Waals surface area contributed by atoms with E-state index in [1.165, 1.54) is 25.0 Å². The summed E-state index contributed by atoms with van der Waals surface area (Å²) < 4.78 is 15.7. The molecule has 1 fully saturated rings. The Hall–Kier alpha value is -1.33. The predicted octanol–water partition coefficient (Wildman–Crippen LogP) is 3.29. The molecule has 2 N–H and O–H groups in total. The molecule has 1 aliphatic rings. The van der Waals surface area contributed by atoms with Crippen LogP contribution in [0.15, 0.2) is 12.1 Å². The van der Waals surface area contributed by atoms with E-state index in [-0.39, 0.29) is 10.6 Å². The van der Waals surface area contributed by atoms with E-state index in [9.17, 15) is 4.39 Å². The highest BCUT2D eigenvalue weighted by atomic mass is 35.5. The number of hydrogen-bond donors (Lipinski definition) is 1. The Kier molecular flexibility index (Phi) is 3.58. The van der Waals surface area contributed by atoms with Crippen molar-refractivity contribution >= 4 is 28.6 Å². The van der Waals surface area contributed by atoms with Gasteiger partial charge in [-0.3, -0.25) is 0 Å². The quantitative estimate of drug-likeness (QED) is 0.946. The highest BCUT2D eigenvalue weighted by molar-refractivity contribution is 6.31. The average Bonchev–Trinajstić information content (AvgIpc) is 2.99. The number of fused-ring (bicyclic) bond motifs is 1. The summed E-state index contributed by atoms with van der Waals surface area (Å²) in [5.74, 6) is -0.0181. The van der Waals surface area contributed by atoms with Crippen LogP contribution in [0.4, 0.5) is 10.3 Å². The first kappa shape index (κ1) is 14.6. The van der Waals surface area contributed by atoms with Gasteiger partial charge in [0, 0.05) is 18.2 Å². The van der Waals surface area contributed by atoms with Crippen LogP contribution in [-0.4, -0.2) is 34.1 Å². The summed E-state index contributed by atoms with van der Waals surface area (Å²) in [5.41, 5.74) is 7.48. The second-order valence-corrected chi connectivity index (χ2v) is 6.54. The number of halogens is 2. The Bertz CT molecular complexity index is 674. The van der Waals surface area contributed by atoms with Crippen LogP contribution in [0.3, 0.4) is 0 Å². The van der Waals surface area contributed by atoms with E-state index < -0.39 is 5.82 Å². The van der Waals surface area contributed by atoms with Crippen molar-refractivity contribution in [2.75, 3.05) is 19.8 Å². The van der Waals surface area contributed by atoms with Gasteiger partial charge >= 0.3 is 0 Å². The molecular formula is C15H20ClFN4. The smallest absolute Gasteiger partial charge is 0.201 e. The molecule has 0 aliphatic heterocycles. The van der Waals surface area contributed by atoms with E-state index in [4.69, 9.17) is 17.3 Å². The van der Waals surface area contributed by atoms with Crippen LogP contribution in [0, 0.1) is 5.82 Å². The molecule has 4 nitrogen and oxygen atoms in total. The van der Waals surface area contributed by atoms with Crippen LogP contribution in [0.2, 0.25) is 5.02 Å². The van der Waals surface area contributed by atoms with Crippen molar-refractivity contribution in [1.29, 1.82) is 0 Å². The number of nitrogen functional groups attached to an aromatic ring is 1. The molecule has 0 radical (unpaired) electrons. The van der Waals surface area contributed by atoms with Crippen molar-refractivity contribution in [3.8, 4) is 0 Å². The maximum absolute atomic E-state index is 13.8. The van der Waals surface area contributed by atoms with Crippen molar-refractivity contribution in [2.24, 2.45) is 0 Å². The zero-order valence-corrected chi connectivity index (χ0v) is 13.1. The molecule has 6 heteroatoms. The predicted molar refractivity (Wildman–Crippen MR) is 84.0 cm³/mol. The normalized spacial score (nSPS) is 18.0. The lowest BCUT2D eigenvalue weighted by Crippen LogP contribution is -2.45. The molecule has 0 spiro atoms. The third-order valence-electron chi connectivity index (χ3n) is 4.76. The first-order valence-electron chi connectivity index (χ1n) is 7.21. The van der Waals surface area contributed by atoms with E-state index >= 15 is 0 Å². The van der Waals surface area contributed by atoms with Crippen LogP contribution in [0.25, 0.3) is 11.0 Å². The summed E-state index contributed by atoms with van der Waals surface area (Å²) in [6.07, 6.45) is 4.67. The zero-order valence-electron chi connectivity index (χ0n) is 12.4. The number of imidazole rings is 1. The summed E-state index contributed by atoms with van der Waals surface area (Å²) in [7, 11) is 4.19. The van der Waals surface area contributed by atoms with Gasteiger partial charge in [0.25, 0.3) is 0 Å². The molecule has 0 saturated heterocycles. The Morgan fingerprint density at radius 3 is 2.67 bits per heavy atom. The van der Waals surface area contributed by atoms with Gasteiger partial charge in [-0.05, 0) is 33.0 Å². The molecule has 0 amide bonds. The van der Waals surface area contributed by atoms with Gasteiger partial charge in [-0.25, -0.2) is 9.37 Å². The minimum atomic E-state index is -0.435. The molecule has 3 rings (SSSR count). The van der Waals surface area contributed by atoms with Crippen molar-refractivity contribution in [3.05, 3.63) is 23.0 Å². The first-order valence-corrected chi connectivity index (χ1v) is 7.59. The number of nitrogens with two attached hydrogens (primary N) is 1. The number of benzene rings is 1. The van der Waals surface area contributed by atoms with Crippen LogP contribution in [0.1, 0.15) is 25.7 Å². The second kappa shape index (κ2) is 5.14. The molecule has 0 bridgehead atoms. The van der Waals surface area contributed by atoms with Crippen molar-refractivity contribution in [3.63, 3.8) is 0 Å². The minimum Gasteiger partial charge on any atom is -0.369 e. The maximum atomic E-state index is 13.8. The van der Waals surface area contributed by atoms with E-state index in [1.807, 2.05) is 4.57 Å². The molecule has 2 aromatic rings. The number of rotatable bonds is 3. The van der Waals surface area contributed by atoms with E-state index in [2.05, 4.69) is 24.0 Å². The molecule has 21 heavy (non-hydrogen) atoms. The number of likely N-dealkylation sites (N-methyl/N-ethyl adjacent to an activating group) is 1. The van der Waals surface area contributed by atoms with Crippen LogP contribution < -0.4 is 5.73 Å². The molecule has 0 unspecified atom stereocenters. The lowest BCUT2D eigenvalue weighted by molar-refractivity contribution is 0.136. The zero-order chi connectivity index (χ0) is 15.2. The summed E-state index contributed by atoms with van der Waals surface area (Å²) in [5, 5.41) is 0.0790. The van der Waals surface area contributed by atoms with Gasteiger partial charge in [0.2, 0.25) is 5.95 Å². The fraction of sp³-hybridized carbons (Fsp3) is 0.533. The monoisotopic (exact) mass is 310 g/mol. The van der Waals surface area contributed by atoms with E-state index in [1.54, 1.807) is 0 Å². The summed E-state index contributed by atoms with van der Waals surface area (Å²) >= 11 is 5.82. The standard InChI is InChI=1S/C15H20ClFN4/c1-20(2)15(5-3-4-6-15)9-21-13-8-11(17)10(16)7-12(13)19-14(21)18/h7-8H,3-6,9H2,1-2H3,(H2,18,19). The molecule has 114 valence electrons. The lowest BCUT2D eigenvalue weighted by Gasteiger charge is -2.37. The third-order valence-corrected chi connectivity index (χ3v) is 5.04. The fourth-order valence-electron chi connectivity index (χ4n) is 3.38. The Balaban J connectivity index is 2.08. The molecule has 1 aromatic carbocycles. The minimum absolute atomic E-state index is 0.0673. The van der Waals surface area contributed by atoms with Gasteiger partial charge in [-0.2, -0.15) is 0 Å². The number of nitrogens with zero attached hydrogens (tertiary/aromatic N) is 3. The molecule has 1 saturated carbocycles. The van der Waals surface area contributed by atoms with Gasteiger partial charge in [0.15, 0.2) is 0 Å². The largest absolute Gasteiger partial charge is 0.369 e. The molecule has 1 aliphatic carbocycles. The summed E-state index contributed by atoms with van der Waals surface area (Å²) in [4.78, 5) is 6.58. The van der Waals surface area contributed by atoms with Gasteiger partial charge in [0.1, 0.15) is 5.82 Å². The first-order chi connectivity index (χ1) is 9.93. The van der Waals surface area contributed by atoms with E-state index in [0.717, 1.165) is 19.4 Å². The average molecular weight is 311 g/mol. The number of hydrogen-bond acceptors (Lipinski definition) is 3. The SMILES string of the molecule is CN(C)C1(Cn2c(N)nc3cc(Cl)c(F)cc32)CCCC1. The second-order valence-electron chi connectivity index (χ2n) is 6.14. The van der Waals surface area contributed by atoms with Gasteiger partial charge < -0.3 is 15.2 Å². The fourth-order valence-corrected chi connectivity index (χ4v) is 3.54. The highest BCUT2D eigenvalue weighted by Gasteiger charge is 2.37. The topological polar surface area (TPSA) is 47.1 Å². The van der Waals surface area contributed by atoms with Crippen molar-refractivity contribution in [1.82, 2.24) is 14.5 Å². The summed E-state index contributed by atoms with van der Waals surface area (Å²) in [6.45, 7) is 0.726. The molecule has 0 atom stereocenters.